The van der Waals surface area contributed by atoms with Crippen molar-refractivity contribution in [2.75, 3.05) is 6.54 Å². The van der Waals surface area contributed by atoms with Crippen molar-refractivity contribution in [2.45, 2.75) is 38.8 Å². The van der Waals surface area contributed by atoms with E-state index in [1.54, 1.807) is 0 Å². The number of ether oxygens (including phenoxy) is 1. The number of para-hydroxylation sites is 1. The number of benzene rings is 1. The molecule has 1 heterocycles. The minimum Gasteiger partial charge on any atom is -0.475 e. The van der Waals surface area contributed by atoms with E-state index < -0.39 is 0 Å². The van der Waals surface area contributed by atoms with Gasteiger partial charge in [0.1, 0.15) is 11.5 Å². The van der Waals surface area contributed by atoms with Crippen molar-refractivity contribution in [3.63, 3.8) is 0 Å². The second kappa shape index (κ2) is 6.55. The van der Waals surface area contributed by atoms with E-state index in [4.69, 9.17) is 4.74 Å². The molecule has 1 aliphatic heterocycles. The van der Waals surface area contributed by atoms with E-state index in [1.807, 2.05) is 37.3 Å². The van der Waals surface area contributed by atoms with E-state index in [2.05, 4.69) is 5.32 Å². The Morgan fingerprint density at radius 1 is 1.39 bits per heavy atom. The highest BCUT2D eigenvalue weighted by Gasteiger charge is 2.31. The van der Waals surface area contributed by atoms with Gasteiger partial charge in [0.25, 0.3) is 0 Å². The molecule has 1 aromatic carbocycles. The van der Waals surface area contributed by atoms with Crippen molar-refractivity contribution in [3.05, 3.63) is 30.3 Å². The van der Waals surface area contributed by atoms with Crippen LogP contribution in [0.1, 0.15) is 32.6 Å². The average Bonchev–Trinajstić information content (AvgIpc) is 2.41. The van der Waals surface area contributed by atoms with Crippen molar-refractivity contribution >= 4 is 5.78 Å². The number of carbonyl (C=O) groups is 1. The number of hydrogen-bond acceptors (Lipinski definition) is 3. The van der Waals surface area contributed by atoms with E-state index in [1.165, 1.54) is 0 Å². The van der Waals surface area contributed by atoms with Crippen molar-refractivity contribution in [1.29, 1.82) is 0 Å². The molecule has 1 aromatic rings. The fraction of sp³-hybridized carbons (Fsp3) is 0.533. The van der Waals surface area contributed by atoms with Crippen molar-refractivity contribution in [3.8, 4) is 5.75 Å². The van der Waals surface area contributed by atoms with Crippen LogP contribution in [0.25, 0.3) is 0 Å². The lowest BCUT2D eigenvalue weighted by atomic mass is 9.91. The van der Waals surface area contributed by atoms with Gasteiger partial charge in [-0.2, -0.15) is 0 Å². The fourth-order valence-electron chi connectivity index (χ4n) is 2.39. The molecule has 1 N–H and O–H groups in total. The fourth-order valence-corrected chi connectivity index (χ4v) is 2.39. The maximum absolute atomic E-state index is 12.1. The molecule has 0 aromatic heterocycles. The van der Waals surface area contributed by atoms with Crippen LogP contribution in [0, 0.1) is 5.92 Å². The molecule has 2 rings (SSSR count). The zero-order valence-electron chi connectivity index (χ0n) is 10.9. The lowest BCUT2D eigenvalue weighted by Crippen LogP contribution is -2.48. The average molecular weight is 247 g/mol. The van der Waals surface area contributed by atoms with Gasteiger partial charge in [-0.1, -0.05) is 25.1 Å². The Kier molecular flexibility index (Phi) is 4.76. The predicted octanol–water partition coefficient (Wildman–Crippen LogP) is 2.76. The first-order chi connectivity index (χ1) is 8.81. The molecule has 98 valence electrons. The van der Waals surface area contributed by atoms with Gasteiger partial charge in [0, 0.05) is 6.42 Å². The molecule has 3 nitrogen and oxygen atoms in total. The third-order valence-electron chi connectivity index (χ3n) is 3.32. The summed E-state index contributed by atoms with van der Waals surface area (Å²) in [6.07, 6.45) is 3.38. The monoisotopic (exact) mass is 247 g/mol. The van der Waals surface area contributed by atoms with Gasteiger partial charge in [-0.05, 0) is 37.9 Å². The number of nitrogens with one attached hydrogen (secondary N) is 1. The van der Waals surface area contributed by atoms with Gasteiger partial charge in [0.15, 0.2) is 6.23 Å². The Bertz CT molecular complexity index is 377. The Hall–Kier alpha value is -1.35. The molecule has 0 spiro atoms. The first kappa shape index (κ1) is 13.1. The molecule has 1 aliphatic rings. The predicted molar refractivity (Wildman–Crippen MR) is 71.5 cm³/mol. The summed E-state index contributed by atoms with van der Waals surface area (Å²) in [5, 5.41) is 3.31. The number of carbonyl (C=O) groups excluding carboxylic acids is 1. The third-order valence-corrected chi connectivity index (χ3v) is 3.32. The summed E-state index contributed by atoms with van der Waals surface area (Å²) in [6.45, 7) is 2.97. The lowest BCUT2D eigenvalue weighted by molar-refractivity contribution is -0.127. The number of rotatable bonds is 5. The van der Waals surface area contributed by atoms with Crippen LogP contribution in [0.3, 0.4) is 0 Å². The highest BCUT2D eigenvalue weighted by Crippen LogP contribution is 2.22. The Morgan fingerprint density at radius 3 is 2.89 bits per heavy atom. The van der Waals surface area contributed by atoms with Crippen LogP contribution in [0.2, 0.25) is 0 Å². The molecule has 2 atom stereocenters. The summed E-state index contributed by atoms with van der Waals surface area (Å²) >= 11 is 0. The van der Waals surface area contributed by atoms with Crippen LogP contribution in [0.4, 0.5) is 0 Å². The first-order valence-corrected chi connectivity index (χ1v) is 6.79. The summed E-state index contributed by atoms with van der Waals surface area (Å²) in [4.78, 5) is 12.1. The van der Waals surface area contributed by atoms with Crippen molar-refractivity contribution in [1.82, 2.24) is 5.32 Å². The van der Waals surface area contributed by atoms with Gasteiger partial charge in [-0.25, -0.2) is 0 Å². The van der Waals surface area contributed by atoms with Crippen LogP contribution in [-0.2, 0) is 4.79 Å². The Balaban J connectivity index is 2.01. The topological polar surface area (TPSA) is 38.3 Å². The molecule has 1 saturated heterocycles. The smallest absolute Gasteiger partial charge is 0.159 e. The standard InChI is InChI=1S/C15H21NO2/c1-2-7-14(17)13-10-6-11-16-15(13)18-12-8-4-3-5-9-12/h3-5,8-9,13,15-16H,2,6-7,10-11H2,1H3. The van der Waals surface area contributed by atoms with Gasteiger partial charge >= 0.3 is 0 Å². The summed E-state index contributed by atoms with van der Waals surface area (Å²) in [7, 11) is 0. The van der Waals surface area contributed by atoms with Crippen LogP contribution in [0.15, 0.2) is 30.3 Å². The van der Waals surface area contributed by atoms with E-state index >= 15 is 0 Å². The van der Waals surface area contributed by atoms with Crippen LogP contribution in [-0.4, -0.2) is 18.6 Å². The molecular weight excluding hydrogens is 226 g/mol. The van der Waals surface area contributed by atoms with Gasteiger partial charge in [-0.3, -0.25) is 10.1 Å². The quantitative estimate of drug-likeness (QED) is 0.869. The molecule has 1 fully saturated rings. The maximum atomic E-state index is 12.1. The molecule has 18 heavy (non-hydrogen) atoms. The molecule has 0 radical (unpaired) electrons. The highest BCUT2D eigenvalue weighted by molar-refractivity contribution is 5.81. The number of ketones is 1. The van der Waals surface area contributed by atoms with Crippen molar-refractivity contribution < 1.29 is 9.53 Å². The first-order valence-electron chi connectivity index (χ1n) is 6.79. The highest BCUT2D eigenvalue weighted by atomic mass is 16.5. The van der Waals surface area contributed by atoms with E-state index in [-0.39, 0.29) is 12.1 Å². The van der Waals surface area contributed by atoms with Gasteiger partial charge < -0.3 is 4.74 Å². The molecule has 0 amide bonds. The number of piperidine rings is 1. The van der Waals surface area contributed by atoms with Crippen LogP contribution < -0.4 is 10.1 Å². The normalized spacial score (nSPS) is 23.6. The van der Waals surface area contributed by atoms with E-state index in [0.717, 1.165) is 31.6 Å². The SMILES string of the molecule is CCCC(=O)C1CCCNC1Oc1ccccc1. The second-order valence-electron chi connectivity index (χ2n) is 4.77. The summed E-state index contributed by atoms with van der Waals surface area (Å²) in [5.41, 5.74) is 0. The zero-order chi connectivity index (χ0) is 12.8. The van der Waals surface area contributed by atoms with Gasteiger partial charge in [0.2, 0.25) is 0 Å². The minimum absolute atomic E-state index is 0.00101. The minimum atomic E-state index is -0.166. The van der Waals surface area contributed by atoms with E-state index in [9.17, 15) is 4.79 Å². The zero-order valence-corrected chi connectivity index (χ0v) is 10.9. The molecule has 0 bridgehead atoms. The molecule has 2 unspecified atom stereocenters. The molecule has 0 aliphatic carbocycles. The summed E-state index contributed by atoms with van der Waals surface area (Å²) in [6, 6.07) is 9.71. The Labute approximate surface area is 109 Å². The molecule has 3 heteroatoms. The van der Waals surface area contributed by atoms with Gasteiger partial charge in [-0.15, -0.1) is 0 Å². The van der Waals surface area contributed by atoms with E-state index in [0.29, 0.717) is 12.2 Å². The van der Waals surface area contributed by atoms with Gasteiger partial charge in [0.05, 0.1) is 5.92 Å². The second-order valence-corrected chi connectivity index (χ2v) is 4.77. The largest absolute Gasteiger partial charge is 0.475 e. The summed E-state index contributed by atoms with van der Waals surface area (Å²) < 4.78 is 5.90. The number of Topliss-reactive ketones (excluding diaryl/α,β-unsaturated/α-hetero) is 1. The summed E-state index contributed by atoms with van der Waals surface area (Å²) in [5.74, 6) is 1.15. The third kappa shape index (κ3) is 3.33. The van der Waals surface area contributed by atoms with Crippen LogP contribution >= 0.6 is 0 Å². The van der Waals surface area contributed by atoms with Crippen LogP contribution in [0.5, 0.6) is 5.75 Å². The Morgan fingerprint density at radius 2 is 2.17 bits per heavy atom. The maximum Gasteiger partial charge on any atom is 0.159 e. The lowest BCUT2D eigenvalue weighted by Gasteiger charge is -2.31. The number of hydrogen-bond donors (Lipinski definition) is 1. The molecular formula is C15H21NO2. The van der Waals surface area contributed by atoms with Crippen molar-refractivity contribution in [2.24, 2.45) is 5.92 Å². The molecule has 0 saturated carbocycles.